The first-order valence-corrected chi connectivity index (χ1v) is 8.82. The largest absolute Gasteiger partial charge is 0.497 e. The van der Waals surface area contributed by atoms with E-state index in [1.807, 2.05) is 78.9 Å². The predicted octanol–water partition coefficient (Wildman–Crippen LogP) is 5.14. The second-order valence-corrected chi connectivity index (χ2v) is 6.06. The van der Waals surface area contributed by atoms with E-state index in [-0.39, 0.29) is 0 Å². The summed E-state index contributed by atoms with van der Waals surface area (Å²) in [5, 5.41) is 0. The molecule has 0 atom stereocenters. The van der Waals surface area contributed by atoms with Crippen LogP contribution in [-0.4, -0.2) is 14.2 Å². The zero-order valence-corrected chi connectivity index (χ0v) is 15.6. The van der Waals surface area contributed by atoms with Crippen LogP contribution in [0.15, 0.2) is 78.9 Å². The average Bonchev–Trinajstić information content (AvgIpc) is 2.75. The van der Waals surface area contributed by atoms with E-state index in [9.17, 15) is 0 Å². The first-order chi connectivity index (χ1) is 13.3. The fraction of sp³-hybridized carbons (Fsp3) is 0.217. The monoisotopic (exact) mass is 364 g/mol. The molecule has 0 aliphatic rings. The Hall–Kier alpha value is -2.82. The summed E-state index contributed by atoms with van der Waals surface area (Å²) in [6, 6.07) is 25.6. The first kappa shape index (κ1) is 19.0. The Morgan fingerprint density at radius 2 is 1.04 bits per heavy atom. The van der Waals surface area contributed by atoms with Gasteiger partial charge in [0.05, 0.1) is 27.4 Å². The minimum Gasteiger partial charge on any atom is -0.497 e. The van der Waals surface area contributed by atoms with Gasteiger partial charge in [0.2, 0.25) is 0 Å². The van der Waals surface area contributed by atoms with E-state index >= 15 is 0 Å². The third-order valence-electron chi connectivity index (χ3n) is 4.19. The van der Waals surface area contributed by atoms with Gasteiger partial charge < -0.3 is 18.9 Å². The van der Waals surface area contributed by atoms with Crippen LogP contribution in [-0.2, 0) is 22.7 Å². The molecular weight excluding hydrogens is 340 g/mol. The summed E-state index contributed by atoms with van der Waals surface area (Å²) in [4.78, 5) is 0. The smallest absolute Gasteiger partial charge is 0.184 e. The summed E-state index contributed by atoms with van der Waals surface area (Å²) in [6.45, 7) is 0.901. The Labute approximate surface area is 160 Å². The van der Waals surface area contributed by atoms with Crippen molar-refractivity contribution >= 4 is 0 Å². The Kier molecular flexibility index (Phi) is 6.85. The highest BCUT2D eigenvalue weighted by Gasteiger charge is 2.13. The molecule has 0 aromatic heterocycles. The van der Waals surface area contributed by atoms with E-state index < -0.39 is 6.29 Å². The van der Waals surface area contributed by atoms with Gasteiger partial charge in [-0.2, -0.15) is 0 Å². The molecule has 0 aliphatic heterocycles. The van der Waals surface area contributed by atoms with Crippen LogP contribution in [0.1, 0.15) is 23.0 Å². The van der Waals surface area contributed by atoms with Gasteiger partial charge in [0.25, 0.3) is 0 Å². The van der Waals surface area contributed by atoms with E-state index in [4.69, 9.17) is 18.9 Å². The van der Waals surface area contributed by atoms with Crippen molar-refractivity contribution in [2.45, 2.75) is 19.5 Å². The lowest BCUT2D eigenvalue weighted by molar-refractivity contribution is -0.161. The van der Waals surface area contributed by atoms with Crippen molar-refractivity contribution in [3.63, 3.8) is 0 Å². The minimum atomic E-state index is -0.449. The third-order valence-corrected chi connectivity index (χ3v) is 4.19. The highest BCUT2D eigenvalue weighted by atomic mass is 16.7. The molecule has 27 heavy (non-hydrogen) atoms. The lowest BCUT2D eigenvalue weighted by Crippen LogP contribution is -2.09. The van der Waals surface area contributed by atoms with Crippen LogP contribution in [0.2, 0.25) is 0 Å². The molecule has 3 rings (SSSR count). The molecule has 0 amide bonds. The summed E-state index contributed by atoms with van der Waals surface area (Å²) in [7, 11) is 3.31. The molecule has 0 saturated heterocycles. The molecule has 4 heteroatoms. The van der Waals surface area contributed by atoms with Crippen LogP contribution in [0.25, 0.3) is 0 Å². The average molecular weight is 364 g/mol. The van der Waals surface area contributed by atoms with Gasteiger partial charge in [0.15, 0.2) is 6.29 Å². The van der Waals surface area contributed by atoms with Gasteiger partial charge in [-0.15, -0.1) is 0 Å². The van der Waals surface area contributed by atoms with Crippen molar-refractivity contribution in [3.8, 4) is 11.5 Å². The summed E-state index contributed by atoms with van der Waals surface area (Å²) in [6.07, 6.45) is -0.449. The molecule has 4 nitrogen and oxygen atoms in total. The first-order valence-electron chi connectivity index (χ1n) is 8.82. The van der Waals surface area contributed by atoms with Gasteiger partial charge in [0, 0.05) is 5.56 Å². The van der Waals surface area contributed by atoms with Gasteiger partial charge >= 0.3 is 0 Å². The molecule has 0 heterocycles. The minimum absolute atomic E-state index is 0.449. The van der Waals surface area contributed by atoms with E-state index in [1.54, 1.807) is 14.2 Å². The van der Waals surface area contributed by atoms with E-state index in [0.717, 1.165) is 28.2 Å². The Morgan fingerprint density at radius 1 is 0.593 bits per heavy atom. The van der Waals surface area contributed by atoms with Crippen LogP contribution in [0.5, 0.6) is 11.5 Å². The van der Waals surface area contributed by atoms with Gasteiger partial charge in [-0.1, -0.05) is 54.6 Å². The van der Waals surface area contributed by atoms with E-state index in [1.165, 1.54) is 0 Å². The van der Waals surface area contributed by atoms with Crippen molar-refractivity contribution in [1.29, 1.82) is 0 Å². The number of methoxy groups -OCH3 is 2. The highest BCUT2D eigenvalue weighted by Crippen LogP contribution is 2.23. The maximum absolute atomic E-state index is 6.07. The molecule has 0 N–H and O–H groups in total. The number of hydrogen-bond acceptors (Lipinski definition) is 4. The Morgan fingerprint density at radius 3 is 1.44 bits per heavy atom. The zero-order chi connectivity index (χ0) is 18.9. The Balaban J connectivity index is 1.64. The molecule has 3 aromatic rings. The fourth-order valence-corrected chi connectivity index (χ4v) is 2.64. The summed E-state index contributed by atoms with van der Waals surface area (Å²) in [5.41, 5.74) is 3.11. The molecular formula is C23H24O4. The lowest BCUT2D eigenvalue weighted by atomic mass is 10.2. The second-order valence-electron chi connectivity index (χ2n) is 6.06. The van der Waals surface area contributed by atoms with Gasteiger partial charge in [-0.3, -0.25) is 0 Å². The van der Waals surface area contributed by atoms with E-state index in [2.05, 4.69) is 0 Å². The fourth-order valence-electron chi connectivity index (χ4n) is 2.64. The standard InChI is InChI=1S/C23H24O4/c1-24-21-12-8-18(9-13-21)16-26-23(20-6-4-3-5-7-20)27-17-19-10-14-22(25-2)15-11-19/h3-15,23H,16-17H2,1-2H3. The second kappa shape index (κ2) is 9.76. The molecule has 0 bridgehead atoms. The number of benzene rings is 3. The molecule has 3 aromatic carbocycles. The van der Waals surface area contributed by atoms with Crippen molar-refractivity contribution in [2.24, 2.45) is 0 Å². The van der Waals surface area contributed by atoms with Crippen molar-refractivity contribution in [3.05, 3.63) is 95.6 Å². The number of hydrogen-bond donors (Lipinski definition) is 0. The summed E-state index contributed by atoms with van der Waals surface area (Å²) < 4.78 is 22.5. The topological polar surface area (TPSA) is 36.9 Å². The predicted molar refractivity (Wildman–Crippen MR) is 105 cm³/mol. The van der Waals surface area contributed by atoms with E-state index in [0.29, 0.717) is 13.2 Å². The van der Waals surface area contributed by atoms with Crippen molar-refractivity contribution < 1.29 is 18.9 Å². The maximum atomic E-state index is 6.07. The third kappa shape index (κ3) is 5.58. The number of ether oxygens (including phenoxy) is 4. The van der Waals surface area contributed by atoms with Crippen molar-refractivity contribution in [1.82, 2.24) is 0 Å². The normalized spacial score (nSPS) is 10.8. The van der Waals surface area contributed by atoms with Crippen molar-refractivity contribution in [2.75, 3.05) is 14.2 Å². The SMILES string of the molecule is COc1ccc(COC(OCc2ccc(OC)cc2)c2ccccc2)cc1. The zero-order valence-electron chi connectivity index (χ0n) is 15.6. The molecule has 0 unspecified atom stereocenters. The molecule has 140 valence electrons. The van der Waals surface area contributed by atoms with Crippen LogP contribution in [0.4, 0.5) is 0 Å². The van der Waals surface area contributed by atoms with Crippen LogP contribution in [0.3, 0.4) is 0 Å². The van der Waals surface area contributed by atoms with Crippen LogP contribution in [0, 0.1) is 0 Å². The molecule has 0 radical (unpaired) electrons. The molecule has 0 saturated carbocycles. The molecule has 0 fully saturated rings. The summed E-state index contributed by atoms with van der Waals surface area (Å²) in [5.74, 6) is 1.66. The van der Waals surface area contributed by atoms with Crippen LogP contribution < -0.4 is 9.47 Å². The van der Waals surface area contributed by atoms with Gasteiger partial charge in [0.1, 0.15) is 11.5 Å². The van der Waals surface area contributed by atoms with Crippen LogP contribution >= 0.6 is 0 Å². The van der Waals surface area contributed by atoms with Gasteiger partial charge in [-0.05, 0) is 35.4 Å². The molecule has 0 spiro atoms. The highest BCUT2D eigenvalue weighted by molar-refractivity contribution is 5.27. The van der Waals surface area contributed by atoms with Gasteiger partial charge in [-0.25, -0.2) is 0 Å². The molecule has 0 aliphatic carbocycles. The quantitative estimate of drug-likeness (QED) is 0.493. The summed E-state index contributed by atoms with van der Waals surface area (Å²) >= 11 is 0. The lowest BCUT2D eigenvalue weighted by Gasteiger charge is -2.19. The number of rotatable bonds is 9. The Bertz CT molecular complexity index is 747. The maximum Gasteiger partial charge on any atom is 0.184 e.